The van der Waals surface area contributed by atoms with Crippen LogP contribution in [0.3, 0.4) is 0 Å². The van der Waals surface area contributed by atoms with Gasteiger partial charge in [0.15, 0.2) is 11.0 Å². The molecule has 3 nitrogen and oxygen atoms in total. The summed E-state index contributed by atoms with van der Waals surface area (Å²) in [5.41, 5.74) is 15.0. The number of aromatic nitrogens is 2. The van der Waals surface area contributed by atoms with Crippen LogP contribution in [0.1, 0.15) is 64.3 Å². The molecule has 0 N–H and O–H groups in total. The van der Waals surface area contributed by atoms with E-state index >= 15 is 0 Å². The third-order valence-corrected chi connectivity index (χ3v) is 8.19. The van der Waals surface area contributed by atoms with Gasteiger partial charge in [-0.2, -0.15) is 0 Å². The molecule has 36 heavy (non-hydrogen) atoms. The van der Waals surface area contributed by atoms with Crippen LogP contribution in [0.2, 0.25) is 0 Å². The monoisotopic (exact) mass is 500 g/mol. The van der Waals surface area contributed by atoms with E-state index in [1.54, 1.807) is 0 Å². The number of halogens is 1. The number of hydrogen-bond acceptors (Lipinski definition) is 1. The molecule has 5 rings (SSSR count). The van der Waals surface area contributed by atoms with Crippen LogP contribution in [0.4, 0.5) is 0 Å². The summed E-state index contributed by atoms with van der Waals surface area (Å²) in [5, 5.41) is 0. The third kappa shape index (κ3) is 4.46. The molecular weight excluding hydrogens is 464 g/mol. The summed E-state index contributed by atoms with van der Waals surface area (Å²) < 4.78 is 10.8. The van der Waals surface area contributed by atoms with Gasteiger partial charge in [0.25, 0.3) is 0 Å². The largest absolute Gasteiger partial charge is 1.00 e. The zero-order valence-corrected chi connectivity index (χ0v) is 23.3. The van der Waals surface area contributed by atoms with Crippen molar-refractivity contribution in [1.29, 1.82) is 0 Å². The minimum absolute atomic E-state index is 0. The Labute approximate surface area is 221 Å². The van der Waals surface area contributed by atoms with E-state index in [2.05, 4.69) is 112 Å². The Morgan fingerprint density at radius 3 is 2.25 bits per heavy atom. The van der Waals surface area contributed by atoms with Gasteiger partial charge in [-0.3, -0.25) is 0 Å². The van der Waals surface area contributed by atoms with Gasteiger partial charge in [-0.05, 0) is 110 Å². The Bertz CT molecular complexity index is 1450. The van der Waals surface area contributed by atoms with Crippen molar-refractivity contribution in [1.82, 2.24) is 4.57 Å². The van der Waals surface area contributed by atoms with E-state index in [1.807, 2.05) is 0 Å². The zero-order chi connectivity index (χ0) is 24.9. The van der Waals surface area contributed by atoms with E-state index in [9.17, 15) is 0 Å². The van der Waals surface area contributed by atoms with E-state index in [0.717, 1.165) is 18.8 Å². The van der Waals surface area contributed by atoms with Gasteiger partial charge in [-0.1, -0.05) is 32.0 Å². The first-order chi connectivity index (χ1) is 16.8. The fourth-order valence-corrected chi connectivity index (χ4v) is 5.44. The Morgan fingerprint density at radius 1 is 0.889 bits per heavy atom. The maximum absolute atomic E-state index is 5.97. The van der Waals surface area contributed by atoms with Crippen molar-refractivity contribution in [3.05, 3.63) is 99.4 Å². The molecule has 4 heteroatoms. The molecule has 0 saturated heterocycles. The van der Waals surface area contributed by atoms with E-state index in [-0.39, 0.29) is 12.4 Å². The highest BCUT2D eigenvalue weighted by Gasteiger charge is 2.22. The van der Waals surface area contributed by atoms with Gasteiger partial charge in [0.1, 0.15) is 25.4 Å². The average Bonchev–Trinajstić information content (AvgIpc) is 3.21. The predicted octanol–water partition coefficient (Wildman–Crippen LogP) is 4.12. The summed E-state index contributed by atoms with van der Waals surface area (Å²) in [6.45, 7) is 18.1. The molecule has 3 aromatic carbocycles. The molecule has 1 aliphatic heterocycles. The van der Waals surface area contributed by atoms with Gasteiger partial charge in [-0.15, -0.1) is 0 Å². The van der Waals surface area contributed by atoms with Gasteiger partial charge < -0.3 is 17.1 Å². The number of allylic oxidation sites excluding steroid dienone is 1. The van der Waals surface area contributed by atoms with Crippen LogP contribution in [0.25, 0.3) is 16.6 Å². The summed E-state index contributed by atoms with van der Waals surface area (Å²) in [5.74, 6) is 1.49. The molecule has 0 atom stereocenters. The van der Waals surface area contributed by atoms with Gasteiger partial charge in [0, 0.05) is 11.1 Å². The van der Waals surface area contributed by atoms with Crippen molar-refractivity contribution < 1.29 is 21.7 Å². The lowest BCUT2D eigenvalue weighted by Gasteiger charge is -2.20. The van der Waals surface area contributed by atoms with Crippen LogP contribution in [-0.4, -0.2) is 11.2 Å². The van der Waals surface area contributed by atoms with Crippen molar-refractivity contribution >= 4 is 16.6 Å². The highest BCUT2D eigenvalue weighted by atomic mass is 35.5. The van der Waals surface area contributed by atoms with E-state index in [0.29, 0.717) is 12.5 Å². The lowest BCUT2D eigenvalue weighted by Crippen LogP contribution is -3.00. The summed E-state index contributed by atoms with van der Waals surface area (Å²) in [6.07, 6.45) is 4.54. The summed E-state index contributed by atoms with van der Waals surface area (Å²) in [7, 11) is 0. The maximum atomic E-state index is 5.97. The minimum atomic E-state index is 0. The zero-order valence-electron chi connectivity index (χ0n) is 22.6. The van der Waals surface area contributed by atoms with Gasteiger partial charge in [-0.25, -0.2) is 9.13 Å². The quantitative estimate of drug-likeness (QED) is 0.377. The SMILES string of the molecule is Cc1c(C)c(C)c(Cn2c[n+](CC3=CCOc4ccc(C(C)C)cc43)c3ccccc32)c(C)c1C.[Cl-]. The van der Waals surface area contributed by atoms with Crippen LogP contribution < -0.4 is 21.7 Å². The molecular formula is C32H37ClN2O. The van der Waals surface area contributed by atoms with Crippen molar-refractivity contribution in [2.24, 2.45) is 0 Å². The average molecular weight is 501 g/mol. The summed E-state index contributed by atoms with van der Waals surface area (Å²) >= 11 is 0. The van der Waals surface area contributed by atoms with Crippen molar-refractivity contribution in [3.8, 4) is 5.75 Å². The Balaban J connectivity index is 0.00000304. The number of benzene rings is 3. The molecule has 0 unspecified atom stereocenters. The van der Waals surface area contributed by atoms with E-state index < -0.39 is 0 Å². The summed E-state index contributed by atoms with van der Waals surface area (Å²) in [4.78, 5) is 0. The highest BCUT2D eigenvalue weighted by Crippen LogP contribution is 2.33. The first-order valence-electron chi connectivity index (χ1n) is 12.8. The normalized spacial score (nSPS) is 12.8. The molecule has 1 aromatic heterocycles. The standard InChI is InChI=1S/C32H37N2O.ClH/c1-20(2)26-12-13-32-28(16-26)27(14-15-35-32)17-33-19-34(31-11-9-8-10-30(31)33)18-29-24(6)22(4)21(3)23(5)25(29)7;/h8-14,16,19-20H,15,17-18H2,1-7H3;1H/q+1;/p-1. The predicted molar refractivity (Wildman–Crippen MR) is 145 cm³/mol. The molecule has 0 bridgehead atoms. The molecule has 4 aromatic rings. The molecule has 0 amide bonds. The Morgan fingerprint density at radius 2 is 1.56 bits per heavy atom. The van der Waals surface area contributed by atoms with Crippen molar-refractivity contribution in [3.63, 3.8) is 0 Å². The molecule has 0 radical (unpaired) electrons. The first-order valence-corrected chi connectivity index (χ1v) is 12.8. The lowest BCUT2D eigenvalue weighted by molar-refractivity contribution is -0.659. The Hall–Kier alpha value is -3.04. The van der Waals surface area contributed by atoms with Gasteiger partial charge >= 0.3 is 0 Å². The molecule has 1 aliphatic rings. The van der Waals surface area contributed by atoms with Crippen LogP contribution in [-0.2, 0) is 13.1 Å². The number of para-hydroxylation sites is 2. The fraction of sp³-hybridized carbons (Fsp3) is 0.344. The van der Waals surface area contributed by atoms with E-state index in [4.69, 9.17) is 4.74 Å². The maximum Gasteiger partial charge on any atom is 0.245 e. The lowest BCUT2D eigenvalue weighted by atomic mass is 9.89. The van der Waals surface area contributed by atoms with Crippen molar-refractivity contribution in [2.45, 2.75) is 67.5 Å². The molecule has 0 aliphatic carbocycles. The number of nitrogens with zero attached hydrogens (tertiary/aromatic N) is 2. The number of hydrogen-bond donors (Lipinski definition) is 0. The van der Waals surface area contributed by atoms with Crippen LogP contribution in [0, 0.1) is 34.6 Å². The molecule has 0 saturated carbocycles. The third-order valence-electron chi connectivity index (χ3n) is 8.19. The van der Waals surface area contributed by atoms with Gasteiger partial charge in [0.2, 0.25) is 6.33 Å². The number of rotatable bonds is 5. The number of imidazole rings is 1. The Kier molecular flexibility index (Phi) is 7.33. The minimum Gasteiger partial charge on any atom is -1.00 e. The van der Waals surface area contributed by atoms with Crippen LogP contribution in [0.5, 0.6) is 5.75 Å². The topological polar surface area (TPSA) is 18.0 Å². The second kappa shape index (κ2) is 10.1. The highest BCUT2D eigenvalue weighted by molar-refractivity contribution is 5.74. The van der Waals surface area contributed by atoms with Crippen LogP contribution >= 0.6 is 0 Å². The smallest absolute Gasteiger partial charge is 0.245 e. The molecule has 0 spiro atoms. The molecule has 2 heterocycles. The summed E-state index contributed by atoms with van der Waals surface area (Å²) in [6, 6.07) is 15.4. The second-order valence-electron chi connectivity index (χ2n) is 10.4. The van der Waals surface area contributed by atoms with E-state index in [1.165, 1.54) is 61.1 Å². The van der Waals surface area contributed by atoms with Crippen molar-refractivity contribution in [2.75, 3.05) is 6.61 Å². The number of fused-ring (bicyclic) bond motifs is 2. The van der Waals surface area contributed by atoms with Crippen LogP contribution in [0.15, 0.2) is 54.9 Å². The number of ether oxygens (including phenoxy) is 1. The second-order valence-corrected chi connectivity index (χ2v) is 10.4. The van der Waals surface area contributed by atoms with Gasteiger partial charge in [0.05, 0.1) is 0 Å². The first kappa shape index (κ1) is 26.0. The molecule has 0 fully saturated rings. The molecule has 188 valence electrons. The fourth-order valence-electron chi connectivity index (χ4n) is 5.44.